The fourth-order valence-electron chi connectivity index (χ4n) is 2.17. The third kappa shape index (κ3) is 3.67. The van der Waals surface area contributed by atoms with Gasteiger partial charge in [-0.25, -0.2) is 0 Å². The average Bonchev–Trinajstić information content (AvgIpc) is 2.76. The van der Waals surface area contributed by atoms with Gasteiger partial charge in [0.1, 0.15) is 10.9 Å². The van der Waals surface area contributed by atoms with Crippen molar-refractivity contribution in [2.24, 2.45) is 4.99 Å². The number of nitro groups is 1. The number of hydrogen-bond donors (Lipinski definition) is 1. The van der Waals surface area contributed by atoms with Gasteiger partial charge in [0, 0.05) is 26.6 Å². The zero-order chi connectivity index (χ0) is 17.1. The van der Waals surface area contributed by atoms with Crippen LogP contribution in [0.3, 0.4) is 0 Å². The number of carbonyl (C=O) groups excluding carboxylic acids is 2. The van der Waals surface area contributed by atoms with Gasteiger partial charge in [-0.1, -0.05) is 17.8 Å². The third-order valence-electron chi connectivity index (χ3n) is 3.33. The van der Waals surface area contributed by atoms with Crippen molar-refractivity contribution in [3.05, 3.63) is 33.9 Å². The Hall–Kier alpha value is -2.42. The Morgan fingerprint density at radius 2 is 2.22 bits per heavy atom. The number of nitro benzene ring substituents is 1. The average molecular weight is 336 g/mol. The van der Waals surface area contributed by atoms with Gasteiger partial charge in [-0.15, -0.1) is 0 Å². The number of nitrogens with one attached hydrogen (secondary N) is 1. The molecular weight excluding hydrogens is 320 g/mol. The molecular formula is C14H16N4O4S. The first-order valence-corrected chi connectivity index (χ1v) is 7.67. The molecule has 1 N–H and O–H groups in total. The van der Waals surface area contributed by atoms with Crippen LogP contribution in [0.4, 0.5) is 11.4 Å². The molecule has 1 aliphatic rings. The van der Waals surface area contributed by atoms with Gasteiger partial charge in [-0.3, -0.25) is 29.6 Å². The van der Waals surface area contributed by atoms with Crippen molar-refractivity contribution in [2.45, 2.75) is 18.6 Å². The molecule has 23 heavy (non-hydrogen) atoms. The van der Waals surface area contributed by atoms with Crippen LogP contribution in [0.15, 0.2) is 23.2 Å². The molecule has 0 aliphatic carbocycles. The molecule has 1 heterocycles. The summed E-state index contributed by atoms with van der Waals surface area (Å²) in [6.07, 6.45) is -0.0715. The lowest BCUT2D eigenvalue weighted by Gasteiger charge is -2.09. The number of nitrogens with zero attached hydrogens (tertiary/aromatic N) is 3. The Morgan fingerprint density at radius 1 is 1.52 bits per heavy atom. The molecule has 1 aliphatic heterocycles. The van der Waals surface area contributed by atoms with Crippen LogP contribution in [0, 0.1) is 17.0 Å². The van der Waals surface area contributed by atoms with E-state index < -0.39 is 16.1 Å². The van der Waals surface area contributed by atoms with Gasteiger partial charge in [-0.05, 0) is 18.6 Å². The van der Waals surface area contributed by atoms with Crippen molar-refractivity contribution in [3.8, 4) is 0 Å². The third-order valence-corrected chi connectivity index (χ3v) is 4.65. The Balaban J connectivity index is 2.09. The zero-order valence-electron chi connectivity index (χ0n) is 12.9. The van der Waals surface area contributed by atoms with Crippen molar-refractivity contribution < 1.29 is 14.5 Å². The second-order valence-corrected chi connectivity index (χ2v) is 6.21. The number of amides is 2. The monoisotopic (exact) mass is 336 g/mol. The van der Waals surface area contributed by atoms with E-state index in [1.807, 2.05) is 0 Å². The van der Waals surface area contributed by atoms with Gasteiger partial charge in [0.25, 0.3) is 5.69 Å². The van der Waals surface area contributed by atoms with Crippen LogP contribution in [0.1, 0.15) is 12.0 Å². The number of aryl methyl sites for hydroxylation is 1. The fraction of sp³-hybridized carbons (Fsp3) is 0.357. The zero-order valence-corrected chi connectivity index (χ0v) is 13.7. The molecule has 1 fully saturated rings. The Bertz CT molecular complexity index is 704. The highest BCUT2D eigenvalue weighted by Gasteiger charge is 2.36. The topological polar surface area (TPSA) is 105 Å². The first-order chi connectivity index (χ1) is 10.8. The summed E-state index contributed by atoms with van der Waals surface area (Å²) in [5, 5.41) is 13.5. The summed E-state index contributed by atoms with van der Waals surface area (Å²) in [5.74, 6) is -0.655. The summed E-state index contributed by atoms with van der Waals surface area (Å²) >= 11 is 1.21. The minimum absolute atomic E-state index is 0.0715. The number of amidine groups is 1. The van der Waals surface area contributed by atoms with E-state index >= 15 is 0 Å². The van der Waals surface area contributed by atoms with Gasteiger partial charge in [-0.2, -0.15) is 0 Å². The molecule has 1 aromatic carbocycles. The summed E-state index contributed by atoms with van der Waals surface area (Å²) < 4.78 is 0. The first-order valence-electron chi connectivity index (χ1n) is 6.79. The molecule has 9 heteroatoms. The van der Waals surface area contributed by atoms with Crippen LogP contribution in [0.25, 0.3) is 0 Å². The molecule has 1 saturated heterocycles. The molecule has 0 unspecified atom stereocenters. The van der Waals surface area contributed by atoms with Crippen molar-refractivity contribution in [2.75, 3.05) is 19.4 Å². The van der Waals surface area contributed by atoms with E-state index in [1.54, 1.807) is 27.1 Å². The van der Waals surface area contributed by atoms with Crippen LogP contribution in [-0.4, -0.2) is 46.2 Å². The number of carbonyl (C=O) groups is 2. The molecule has 8 nitrogen and oxygen atoms in total. The number of hydrogen-bond acceptors (Lipinski definition) is 6. The minimum atomic E-state index is -0.566. The standard InChI is InChI=1S/C14H16N4O4S/c1-8-4-5-9(10(6-8)18(21)22)16-12(19)7-11-13(20)17(3)14(15-2)23-11/h4-6,11H,7H2,1-3H3,(H,16,19)/t11-/m0/s1. The van der Waals surface area contributed by atoms with E-state index in [4.69, 9.17) is 0 Å². The molecule has 0 saturated carbocycles. The molecule has 1 aromatic rings. The van der Waals surface area contributed by atoms with Crippen LogP contribution >= 0.6 is 11.8 Å². The quantitative estimate of drug-likeness (QED) is 0.666. The fourth-order valence-corrected chi connectivity index (χ4v) is 3.27. The molecule has 1 atom stereocenters. The Kier molecular flexibility index (Phi) is 4.99. The SMILES string of the molecule is CN=C1S[C@@H](CC(=O)Nc2ccc(C)cc2[N+](=O)[O-])C(=O)N1C. The number of anilines is 1. The van der Waals surface area contributed by atoms with Crippen molar-refractivity contribution in [3.63, 3.8) is 0 Å². The summed E-state index contributed by atoms with van der Waals surface area (Å²) in [5.41, 5.74) is 0.678. The van der Waals surface area contributed by atoms with E-state index in [-0.39, 0.29) is 23.7 Å². The first kappa shape index (κ1) is 16.9. The number of benzene rings is 1. The van der Waals surface area contributed by atoms with Crippen molar-refractivity contribution in [1.29, 1.82) is 0 Å². The summed E-state index contributed by atoms with van der Waals surface area (Å²) in [7, 11) is 3.17. The maximum absolute atomic E-state index is 12.1. The van der Waals surface area contributed by atoms with Crippen molar-refractivity contribution >= 4 is 40.1 Å². The van der Waals surface area contributed by atoms with Crippen LogP contribution in [0.5, 0.6) is 0 Å². The van der Waals surface area contributed by atoms with E-state index in [2.05, 4.69) is 10.3 Å². The van der Waals surface area contributed by atoms with Crippen LogP contribution < -0.4 is 5.32 Å². The highest BCUT2D eigenvalue weighted by molar-refractivity contribution is 8.15. The Labute approximate surface area is 137 Å². The minimum Gasteiger partial charge on any atom is -0.320 e. The second kappa shape index (κ2) is 6.78. The summed E-state index contributed by atoms with van der Waals surface area (Å²) in [6, 6.07) is 4.55. The largest absolute Gasteiger partial charge is 0.320 e. The lowest BCUT2D eigenvalue weighted by Crippen LogP contribution is -2.30. The molecule has 0 spiro atoms. The highest BCUT2D eigenvalue weighted by atomic mass is 32.2. The van der Waals surface area contributed by atoms with Crippen LogP contribution in [0.2, 0.25) is 0 Å². The maximum atomic E-state index is 12.1. The molecule has 122 valence electrons. The molecule has 2 amide bonds. The molecule has 0 aromatic heterocycles. The smallest absolute Gasteiger partial charge is 0.293 e. The molecule has 0 radical (unpaired) electrons. The van der Waals surface area contributed by atoms with Gasteiger partial charge in [0.05, 0.1) is 4.92 Å². The number of thioether (sulfide) groups is 1. The number of rotatable bonds is 4. The lowest BCUT2D eigenvalue weighted by atomic mass is 10.2. The Morgan fingerprint density at radius 3 is 2.78 bits per heavy atom. The second-order valence-electron chi connectivity index (χ2n) is 5.04. The molecule has 2 rings (SSSR count). The highest BCUT2D eigenvalue weighted by Crippen LogP contribution is 2.30. The number of aliphatic imine (C=N–C) groups is 1. The van der Waals surface area contributed by atoms with E-state index in [0.29, 0.717) is 5.17 Å². The van der Waals surface area contributed by atoms with Gasteiger partial charge in [0.2, 0.25) is 11.8 Å². The lowest BCUT2D eigenvalue weighted by molar-refractivity contribution is -0.384. The normalized spacial score (nSPS) is 19.3. The molecule has 0 bridgehead atoms. The summed E-state index contributed by atoms with van der Waals surface area (Å²) in [6.45, 7) is 1.73. The van der Waals surface area contributed by atoms with Gasteiger partial charge >= 0.3 is 0 Å². The van der Waals surface area contributed by atoms with Gasteiger partial charge in [0.15, 0.2) is 5.17 Å². The van der Waals surface area contributed by atoms with E-state index in [9.17, 15) is 19.7 Å². The van der Waals surface area contributed by atoms with Gasteiger partial charge < -0.3 is 5.32 Å². The predicted molar refractivity (Wildman–Crippen MR) is 88.6 cm³/mol. The summed E-state index contributed by atoms with van der Waals surface area (Å²) in [4.78, 5) is 40.0. The maximum Gasteiger partial charge on any atom is 0.293 e. The van der Waals surface area contributed by atoms with E-state index in [1.165, 1.54) is 28.8 Å². The van der Waals surface area contributed by atoms with Crippen molar-refractivity contribution in [1.82, 2.24) is 4.90 Å². The van der Waals surface area contributed by atoms with Crippen LogP contribution in [-0.2, 0) is 9.59 Å². The predicted octanol–water partition coefficient (Wildman–Crippen LogP) is 1.79. The van der Waals surface area contributed by atoms with E-state index in [0.717, 1.165) is 5.56 Å².